The van der Waals surface area contributed by atoms with Gasteiger partial charge in [-0.2, -0.15) is 0 Å². The molecule has 3 nitrogen and oxygen atoms in total. The van der Waals surface area contributed by atoms with Gasteiger partial charge in [0.25, 0.3) is 0 Å². The van der Waals surface area contributed by atoms with E-state index in [0.29, 0.717) is 25.0 Å². The fraction of sp³-hybridized carbons (Fsp3) is 0.459. The molecule has 1 aliphatic rings. The van der Waals surface area contributed by atoms with Crippen LogP contribution in [0.2, 0.25) is 0 Å². The largest absolute Gasteiger partial charge is 0.495 e. The van der Waals surface area contributed by atoms with E-state index in [0.717, 1.165) is 30.8 Å². The zero-order valence-corrected chi connectivity index (χ0v) is 25.6. The van der Waals surface area contributed by atoms with Gasteiger partial charge in [0.1, 0.15) is 12.4 Å². The lowest BCUT2D eigenvalue weighted by atomic mass is 9.72. The lowest BCUT2D eigenvalue weighted by Crippen LogP contribution is -2.21. The summed E-state index contributed by atoms with van der Waals surface area (Å²) in [6, 6.07) is 21.9. The smallest absolute Gasteiger partial charge is 0.197 e. The highest BCUT2D eigenvalue weighted by atomic mass is 16.7. The van der Waals surface area contributed by atoms with Crippen molar-refractivity contribution in [1.82, 2.24) is 0 Å². The van der Waals surface area contributed by atoms with Crippen molar-refractivity contribution in [3.05, 3.63) is 94.8 Å². The third kappa shape index (κ3) is 8.24. The van der Waals surface area contributed by atoms with Crippen molar-refractivity contribution in [1.29, 1.82) is 0 Å². The molecule has 3 heteroatoms. The van der Waals surface area contributed by atoms with Crippen LogP contribution in [0.3, 0.4) is 0 Å². The van der Waals surface area contributed by atoms with Crippen molar-refractivity contribution < 1.29 is 14.2 Å². The minimum absolute atomic E-state index is 0.222. The summed E-state index contributed by atoms with van der Waals surface area (Å²) in [5, 5.41) is 2.60. The molecule has 0 aliphatic heterocycles. The second-order valence-corrected chi connectivity index (χ2v) is 12.7. The molecule has 0 amide bonds. The second kappa shape index (κ2) is 13.5. The third-order valence-corrected chi connectivity index (χ3v) is 7.85. The first-order chi connectivity index (χ1) is 19.1. The van der Waals surface area contributed by atoms with Crippen LogP contribution in [0.5, 0.6) is 5.75 Å². The number of rotatable bonds is 10. The van der Waals surface area contributed by atoms with Crippen molar-refractivity contribution in [2.45, 2.75) is 86.4 Å². The zero-order valence-electron chi connectivity index (χ0n) is 25.6. The highest BCUT2D eigenvalue weighted by molar-refractivity contribution is 5.91. The van der Waals surface area contributed by atoms with Gasteiger partial charge in [-0.1, -0.05) is 95.3 Å². The summed E-state index contributed by atoms with van der Waals surface area (Å²) in [4.78, 5) is 0. The Morgan fingerprint density at radius 1 is 0.850 bits per heavy atom. The lowest BCUT2D eigenvalue weighted by molar-refractivity contribution is -0.0790. The topological polar surface area (TPSA) is 27.7 Å². The van der Waals surface area contributed by atoms with Crippen molar-refractivity contribution in [3.63, 3.8) is 0 Å². The Hall–Kier alpha value is -3.04. The van der Waals surface area contributed by atoms with E-state index < -0.39 is 0 Å². The number of allylic oxidation sites excluding steroid dienone is 3. The van der Waals surface area contributed by atoms with Gasteiger partial charge < -0.3 is 14.2 Å². The molecule has 0 spiro atoms. The summed E-state index contributed by atoms with van der Waals surface area (Å²) in [5.74, 6) is 3.06. The van der Waals surface area contributed by atoms with E-state index in [-0.39, 0.29) is 11.7 Å². The van der Waals surface area contributed by atoms with Crippen LogP contribution >= 0.6 is 0 Å². The third-order valence-electron chi connectivity index (χ3n) is 7.85. The van der Waals surface area contributed by atoms with Gasteiger partial charge in [0, 0.05) is 6.42 Å². The number of benzene rings is 3. The molecule has 0 heterocycles. The molecule has 2 atom stereocenters. The summed E-state index contributed by atoms with van der Waals surface area (Å²) < 4.78 is 18.3. The molecule has 3 aromatic rings. The van der Waals surface area contributed by atoms with E-state index in [4.69, 9.17) is 14.2 Å². The van der Waals surface area contributed by atoms with Crippen molar-refractivity contribution in [2.75, 3.05) is 13.2 Å². The molecular weight excluding hydrogens is 492 g/mol. The maximum absolute atomic E-state index is 6.25. The first-order valence-electron chi connectivity index (χ1n) is 15.0. The van der Waals surface area contributed by atoms with Gasteiger partial charge in [0.15, 0.2) is 6.29 Å². The minimum atomic E-state index is -0.349. The predicted molar refractivity (Wildman–Crippen MR) is 169 cm³/mol. The summed E-state index contributed by atoms with van der Waals surface area (Å²) in [5.41, 5.74) is 5.39. The summed E-state index contributed by atoms with van der Waals surface area (Å²) in [6.45, 7) is 16.6. The molecule has 0 fully saturated rings. The highest BCUT2D eigenvalue weighted by Crippen LogP contribution is 2.40. The van der Waals surface area contributed by atoms with Crippen LogP contribution in [0, 0.1) is 11.3 Å². The fourth-order valence-electron chi connectivity index (χ4n) is 5.63. The normalized spacial score (nSPS) is 18.4. The Morgan fingerprint density at radius 2 is 1.62 bits per heavy atom. The molecule has 3 aromatic carbocycles. The van der Waals surface area contributed by atoms with Gasteiger partial charge in [0.05, 0.1) is 12.4 Å². The van der Waals surface area contributed by atoms with Gasteiger partial charge in [-0.25, -0.2) is 0 Å². The lowest BCUT2D eigenvalue weighted by Gasteiger charge is -2.32. The quantitative estimate of drug-likeness (QED) is 0.189. The fourth-order valence-corrected chi connectivity index (χ4v) is 5.63. The van der Waals surface area contributed by atoms with Gasteiger partial charge in [-0.15, -0.1) is 0 Å². The monoisotopic (exact) mass is 540 g/mol. The van der Waals surface area contributed by atoms with E-state index >= 15 is 0 Å². The minimum Gasteiger partial charge on any atom is -0.495 e. The van der Waals surface area contributed by atoms with Gasteiger partial charge in [0.2, 0.25) is 0 Å². The van der Waals surface area contributed by atoms with Crippen LogP contribution in [-0.2, 0) is 15.9 Å². The molecule has 2 unspecified atom stereocenters. The van der Waals surface area contributed by atoms with E-state index in [2.05, 4.69) is 114 Å². The average Bonchev–Trinajstić information content (AvgIpc) is 2.93. The molecule has 0 N–H and O–H groups in total. The number of aryl methyl sites for hydroxylation is 1. The van der Waals surface area contributed by atoms with E-state index in [1.807, 2.05) is 6.92 Å². The highest BCUT2D eigenvalue weighted by Gasteiger charge is 2.27. The maximum Gasteiger partial charge on any atom is 0.197 e. The molecular formula is C37H48O3. The predicted octanol–water partition coefficient (Wildman–Crippen LogP) is 10.1. The zero-order chi connectivity index (χ0) is 28.7. The van der Waals surface area contributed by atoms with Crippen LogP contribution in [0.25, 0.3) is 16.8 Å². The maximum atomic E-state index is 6.25. The molecule has 1 aliphatic carbocycles. The van der Waals surface area contributed by atoms with E-state index in [9.17, 15) is 0 Å². The van der Waals surface area contributed by atoms with E-state index in [1.165, 1.54) is 39.5 Å². The Kier molecular flexibility index (Phi) is 10.1. The van der Waals surface area contributed by atoms with Crippen molar-refractivity contribution in [3.8, 4) is 5.75 Å². The molecule has 40 heavy (non-hydrogen) atoms. The number of hydrogen-bond donors (Lipinski definition) is 0. The Bertz CT molecular complexity index is 1310. The summed E-state index contributed by atoms with van der Waals surface area (Å²) >= 11 is 0. The van der Waals surface area contributed by atoms with Crippen LogP contribution in [0.4, 0.5) is 0 Å². The number of hydrogen-bond acceptors (Lipinski definition) is 3. The standard InChI is InChI=1S/C37H48O3/c1-26(2)24-35(37(5,6)7)32-18-20-33(21-19-32)40-28(4)38-22-23-39-36-13-8-10-29-15-17-31-12-9-11-30(34(31)25-29)16-14-27(36)3/h9,11-12,14-21,25-26,28,35H,8,10,13,22-24H2,1-7H3/b16-14-,36-27-. The molecule has 4 rings (SSSR count). The Balaban J connectivity index is 1.30. The summed E-state index contributed by atoms with van der Waals surface area (Å²) in [6.07, 6.45) is 8.23. The van der Waals surface area contributed by atoms with Crippen LogP contribution in [0.1, 0.15) is 90.3 Å². The van der Waals surface area contributed by atoms with Gasteiger partial charge in [-0.3, -0.25) is 0 Å². The average molecular weight is 541 g/mol. The van der Waals surface area contributed by atoms with Gasteiger partial charge >= 0.3 is 0 Å². The number of fused-ring (bicyclic) bond motifs is 1. The Labute approximate surface area is 242 Å². The van der Waals surface area contributed by atoms with Crippen LogP contribution < -0.4 is 4.74 Å². The molecule has 0 radical (unpaired) electrons. The van der Waals surface area contributed by atoms with E-state index in [1.54, 1.807) is 0 Å². The van der Waals surface area contributed by atoms with Crippen LogP contribution in [0.15, 0.2) is 78.1 Å². The SMILES string of the molecule is CC1=C(/OCCOC(C)Oc2ccc(C(CC(C)C)C(C)(C)C)cc2)CCCc2ccc3cccc(c3c2)/C=C\1. The number of ether oxygens (including phenoxy) is 3. The molecule has 0 saturated heterocycles. The molecule has 0 saturated carbocycles. The summed E-state index contributed by atoms with van der Waals surface area (Å²) in [7, 11) is 0. The Morgan fingerprint density at radius 3 is 2.35 bits per heavy atom. The second-order valence-electron chi connectivity index (χ2n) is 12.7. The van der Waals surface area contributed by atoms with Crippen molar-refractivity contribution >= 4 is 16.8 Å². The first-order valence-corrected chi connectivity index (χ1v) is 15.0. The van der Waals surface area contributed by atoms with Crippen LogP contribution in [-0.4, -0.2) is 19.5 Å². The molecule has 0 aromatic heterocycles. The molecule has 2 bridgehead atoms. The van der Waals surface area contributed by atoms with Gasteiger partial charge in [-0.05, 0) is 95.5 Å². The molecule has 214 valence electrons. The first kappa shape index (κ1) is 29.9. The van der Waals surface area contributed by atoms with Crippen molar-refractivity contribution in [2.24, 2.45) is 11.3 Å².